The number of imidazole rings is 1. The molecule has 0 saturated heterocycles. The Labute approximate surface area is 112 Å². The first-order valence-electron chi connectivity index (χ1n) is 5.98. The lowest BCUT2D eigenvalue weighted by atomic mass is 10.2. The van der Waals surface area contributed by atoms with Gasteiger partial charge in [0.05, 0.1) is 5.69 Å². The van der Waals surface area contributed by atoms with Crippen LogP contribution in [-0.4, -0.2) is 15.5 Å². The summed E-state index contributed by atoms with van der Waals surface area (Å²) in [5, 5.41) is 0. The Kier molecular flexibility index (Phi) is 3.80. The van der Waals surface area contributed by atoms with E-state index in [1.165, 1.54) is 0 Å². The molecule has 0 spiro atoms. The minimum absolute atomic E-state index is 0.148. The average molecular weight is 256 g/mol. The molecule has 2 aromatic rings. The molecule has 0 amide bonds. The molecule has 0 bridgehead atoms. The zero-order valence-corrected chi connectivity index (χ0v) is 11.1. The van der Waals surface area contributed by atoms with Gasteiger partial charge >= 0.3 is 5.97 Å². The number of aromatic nitrogens is 2. The average Bonchev–Trinajstić information content (AvgIpc) is 2.78. The molecule has 0 atom stereocenters. The van der Waals surface area contributed by atoms with Gasteiger partial charge in [-0.1, -0.05) is 36.9 Å². The minimum Gasteiger partial charge on any atom is -0.454 e. The first-order valence-corrected chi connectivity index (χ1v) is 5.98. The van der Waals surface area contributed by atoms with Crippen molar-refractivity contribution >= 4 is 5.97 Å². The highest BCUT2D eigenvalue weighted by molar-refractivity contribution is 5.86. The lowest BCUT2D eigenvalue weighted by Crippen LogP contribution is -2.08. The van der Waals surface area contributed by atoms with Crippen molar-refractivity contribution in [2.45, 2.75) is 13.5 Å². The molecule has 0 radical (unpaired) electrons. The van der Waals surface area contributed by atoms with Crippen LogP contribution in [0.3, 0.4) is 0 Å². The van der Waals surface area contributed by atoms with Crippen molar-refractivity contribution in [3.8, 4) is 11.3 Å². The van der Waals surface area contributed by atoms with Gasteiger partial charge in [0.1, 0.15) is 12.4 Å². The first kappa shape index (κ1) is 13.1. The fraction of sp³-hybridized carbons (Fsp3) is 0.200. The highest BCUT2D eigenvalue weighted by atomic mass is 16.5. The quantitative estimate of drug-likeness (QED) is 0.624. The molecule has 0 aliphatic rings. The summed E-state index contributed by atoms with van der Waals surface area (Å²) in [4.78, 5) is 15.8. The zero-order valence-electron chi connectivity index (χ0n) is 11.1. The van der Waals surface area contributed by atoms with Crippen molar-refractivity contribution in [1.29, 1.82) is 0 Å². The van der Waals surface area contributed by atoms with Crippen LogP contribution in [0.1, 0.15) is 12.7 Å². The molecule has 1 aromatic heterocycles. The maximum absolute atomic E-state index is 11.3. The van der Waals surface area contributed by atoms with Crippen LogP contribution in [0.25, 0.3) is 11.3 Å². The largest absolute Gasteiger partial charge is 0.454 e. The Morgan fingerprint density at radius 3 is 2.68 bits per heavy atom. The molecule has 1 aromatic carbocycles. The number of hydrogen-bond donors (Lipinski definition) is 0. The minimum atomic E-state index is -0.399. The third-order valence-corrected chi connectivity index (χ3v) is 2.72. The Hall–Kier alpha value is -2.36. The Balaban J connectivity index is 2.14. The van der Waals surface area contributed by atoms with Crippen LogP contribution in [0.15, 0.2) is 48.7 Å². The second-order valence-electron chi connectivity index (χ2n) is 4.38. The topological polar surface area (TPSA) is 44.1 Å². The number of nitrogens with zero attached hydrogens (tertiary/aromatic N) is 2. The van der Waals surface area contributed by atoms with E-state index in [-0.39, 0.29) is 6.61 Å². The number of carbonyl (C=O) groups excluding carboxylic acids is 1. The molecular formula is C15H16N2O2. The van der Waals surface area contributed by atoms with Crippen LogP contribution < -0.4 is 0 Å². The smallest absolute Gasteiger partial charge is 0.333 e. The number of esters is 1. The Bertz CT molecular complexity index is 600. The Morgan fingerprint density at radius 1 is 1.37 bits per heavy atom. The highest BCUT2D eigenvalue weighted by Crippen LogP contribution is 2.18. The number of benzene rings is 1. The molecule has 2 rings (SSSR count). The molecule has 0 aliphatic carbocycles. The SMILES string of the molecule is C=C(C)C(=O)OCc1nc(-c2ccccc2)cn1C. The summed E-state index contributed by atoms with van der Waals surface area (Å²) in [6.07, 6.45) is 1.92. The first-order chi connectivity index (χ1) is 9.08. The zero-order chi connectivity index (χ0) is 13.8. The molecule has 4 heteroatoms. The molecule has 0 saturated carbocycles. The van der Waals surface area contributed by atoms with Gasteiger partial charge in [-0.15, -0.1) is 0 Å². The lowest BCUT2D eigenvalue weighted by molar-refractivity contribution is -0.140. The summed E-state index contributed by atoms with van der Waals surface area (Å²) in [6.45, 7) is 5.31. The summed E-state index contributed by atoms with van der Waals surface area (Å²) in [6, 6.07) is 9.87. The molecule has 98 valence electrons. The molecule has 0 aliphatic heterocycles. The second-order valence-corrected chi connectivity index (χ2v) is 4.38. The van der Waals surface area contributed by atoms with Crippen molar-refractivity contribution in [1.82, 2.24) is 9.55 Å². The predicted molar refractivity (Wildman–Crippen MR) is 73.3 cm³/mol. The second kappa shape index (κ2) is 5.52. The summed E-state index contributed by atoms with van der Waals surface area (Å²) >= 11 is 0. The van der Waals surface area contributed by atoms with Crippen LogP contribution in [-0.2, 0) is 23.2 Å². The van der Waals surface area contributed by atoms with Gasteiger partial charge < -0.3 is 9.30 Å². The standard InChI is InChI=1S/C15H16N2O2/c1-11(2)15(18)19-10-14-16-13(9-17(14)3)12-7-5-4-6-8-12/h4-9H,1,10H2,2-3H3. The normalized spacial score (nSPS) is 10.2. The van der Waals surface area contributed by atoms with Crippen molar-refractivity contribution in [2.24, 2.45) is 7.05 Å². The van der Waals surface area contributed by atoms with Gasteiger partial charge in [0.15, 0.2) is 0 Å². The van der Waals surface area contributed by atoms with Crippen molar-refractivity contribution < 1.29 is 9.53 Å². The van der Waals surface area contributed by atoms with Crippen LogP contribution in [0, 0.1) is 0 Å². The van der Waals surface area contributed by atoms with E-state index < -0.39 is 5.97 Å². The fourth-order valence-corrected chi connectivity index (χ4v) is 1.64. The van der Waals surface area contributed by atoms with Gasteiger partial charge in [0.25, 0.3) is 0 Å². The van der Waals surface area contributed by atoms with Crippen molar-refractivity contribution in [2.75, 3.05) is 0 Å². The summed E-state index contributed by atoms with van der Waals surface area (Å²) in [5.74, 6) is 0.303. The van der Waals surface area contributed by atoms with E-state index in [1.54, 1.807) is 6.92 Å². The van der Waals surface area contributed by atoms with Gasteiger partial charge in [-0.3, -0.25) is 0 Å². The molecule has 4 nitrogen and oxygen atoms in total. The highest BCUT2D eigenvalue weighted by Gasteiger charge is 2.10. The van der Waals surface area contributed by atoms with E-state index in [0.29, 0.717) is 11.4 Å². The van der Waals surface area contributed by atoms with Crippen LogP contribution >= 0.6 is 0 Å². The summed E-state index contributed by atoms with van der Waals surface area (Å²) in [5.41, 5.74) is 2.29. The third kappa shape index (κ3) is 3.10. The third-order valence-electron chi connectivity index (χ3n) is 2.72. The summed E-state index contributed by atoms with van der Waals surface area (Å²) in [7, 11) is 1.88. The van der Waals surface area contributed by atoms with E-state index in [2.05, 4.69) is 11.6 Å². The van der Waals surface area contributed by atoms with Crippen molar-refractivity contribution in [3.05, 3.63) is 54.5 Å². The van der Waals surface area contributed by atoms with E-state index >= 15 is 0 Å². The number of carbonyl (C=O) groups is 1. The molecule has 0 unspecified atom stereocenters. The molecule has 0 N–H and O–H groups in total. The number of aryl methyl sites for hydroxylation is 1. The van der Waals surface area contributed by atoms with Gasteiger partial charge in [-0.2, -0.15) is 0 Å². The monoisotopic (exact) mass is 256 g/mol. The summed E-state index contributed by atoms with van der Waals surface area (Å²) < 4.78 is 6.95. The molecular weight excluding hydrogens is 240 g/mol. The van der Waals surface area contributed by atoms with Crippen molar-refractivity contribution in [3.63, 3.8) is 0 Å². The number of hydrogen-bond acceptors (Lipinski definition) is 3. The van der Waals surface area contributed by atoms with Crippen LogP contribution in [0.2, 0.25) is 0 Å². The molecule has 1 heterocycles. The van der Waals surface area contributed by atoms with Crippen LogP contribution in [0.5, 0.6) is 0 Å². The fourth-order valence-electron chi connectivity index (χ4n) is 1.64. The van der Waals surface area contributed by atoms with Gasteiger partial charge in [-0.05, 0) is 6.92 Å². The van der Waals surface area contributed by atoms with E-state index in [4.69, 9.17) is 4.74 Å². The van der Waals surface area contributed by atoms with Gasteiger partial charge in [0, 0.05) is 24.4 Å². The van der Waals surface area contributed by atoms with E-state index in [1.807, 2.05) is 48.1 Å². The van der Waals surface area contributed by atoms with E-state index in [9.17, 15) is 4.79 Å². The number of rotatable bonds is 4. The molecule has 0 fully saturated rings. The maximum atomic E-state index is 11.3. The Morgan fingerprint density at radius 2 is 2.05 bits per heavy atom. The van der Waals surface area contributed by atoms with Crippen LogP contribution in [0.4, 0.5) is 0 Å². The van der Waals surface area contributed by atoms with Gasteiger partial charge in [-0.25, -0.2) is 9.78 Å². The van der Waals surface area contributed by atoms with Gasteiger partial charge in [0.2, 0.25) is 0 Å². The molecule has 19 heavy (non-hydrogen) atoms. The predicted octanol–water partition coefficient (Wildman–Crippen LogP) is 2.71. The van der Waals surface area contributed by atoms with E-state index in [0.717, 1.165) is 11.3 Å². The lowest BCUT2D eigenvalue weighted by Gasteiger charge is -2.03. The number of ether oxygens (including phenoxy) is 1. The maximum Gasteiger partial charge on any atom is 0.333 e.